The first-order valence-corrected chi connectivity index (χ1v) is 8.76. The number of halogens is 1. The summed E-state index contributed by atoms with van der Waals surface area (Å²) >= 11 is 7.67. The highest BCUT2D eigenvalue weighted by atomic mass is 35.5. The average Bonchev–Trinajstić information content (AvgIpc) is 2.99. The molecule has 0 atom stereocenters. The van der Waals surface area contributed by atoms with E-state index < -0.39 is 0 Å². The van der Waals surface area contributed by atoms with Gasteiger partial charge in [-0.15, -0.1) is 11.3 Å². The Morgan fingerprint density at radius 1 is 1.10 bits per heavy atom. The molecule has 1 nitrogen and oxygen atoms in total. The molecular formula is C18H19ClOS. The lowest BCUT2D eigenvalue weighted by Gasteiger charge is -2.30. The van der Waals surface area contributed by atoms with Crippen LogP contribution < -0.4 is 0 Å². The van der Waals surface area contributed by atoms with Crippen LogP contribution in [0.3, 0.4) is 0 Å². The van der Waals surface area contributed by atoms with Crippen molar-refractivity contribution >= 4 is 29.2 Å². The van der Waals surface area contributed by atoms with Crippen LogP contribution in [-0.4, -0.2) is 6.29 Å². The molecule has 110 valence electrons. The Bertz CT molecular complexity index is 608. The Morgan fingerprint density at radius 3 is 2.48 bits per heavy atom. The predicted molar refractivity (Wildman–Crippen MR) is 89.4 cm³/mol. The molecule has 0 saturated heterocycles. The average molecular weight is 319 g/mol. The van der Waals surface area contributed by atoms with Gasteiger partial charge in [-0.1, -0.05) is 43.0 Å². The molecule has 0 spiro atoms. The standard InChI is InChI=1S/C18H19ClOS/c19-16-6-4-14(5-7-16)10-15-11-17(21-12-15)18(13-20)8-2-1-3-9-18/h4-7,11-13H,1-3,8-10H2. The lowest BCUT2D eigenvalue weighted by molar-refractivity contribution is -0.113. The number of thiophene rings is 1. The van der Waals surface area contributed by atoms with E-state index in [-0.39, 0.29) is 5.41 Å². The minimum Gasteiger partial charge on any atom is -0.302 e. The van der Waals surface area contributed by atoms with Gasteiger partial charge in [0.25, 0.3) is 0 Å². The zero-order valence-electron chi connectivity index (χ0n) is 12.0. The second-order valence-corrected chi connectivity index (χ2v) is 7.30. The Hall–Kier alpha value is -1.12. The van der Waals surface area contributed by atoms with E-state index in [4.69, 9.17) is 11.6 Å². The first kappa shape index (κ1) is 14.8. The number of hydrogen-bond acceptors (Lipinski definition) is 2. The molecule has 0 N–H and O–H groups in total. The quantitative estimate of drug-likeness (QED) is 0.690. The normalized spacial score (nSPS) is 17.6. The first-order valence-electron chi connectivity index (χ1n) is 7.50. The van der Waals surface area contributed by atoms with Crippen molar-refractivity contribution in [2.24, 2.45) is 0 Å². The molecule has 0 radical (unpaired) electrons. The van der Waals surface area contributed by atoms with Gasteiger partial charge in [0, 0.05) is 9.90 Å². The summed E-state index contributed by atoms with van der Waals surface area (Å²) < 4.78 is 0. The van der Waals surface area contributed by atoms with E-state index in [1.165, 1.54) is 41.6 Å². The van der Waals surface area contributed by atoms with Gasteiger partial charge in [0.2, 0.25) is 0 Å². The number of benzene rings is 1. The highest BCUT2D eigenvalue weighted by molar-refractivity contribution is 7.10. The summed E-state index contributed by atoms with van der Waals surface area (Å²) in [6.45, 7) is 0. The molecular weight excluding hydrogens is 300 g/mol. The summed E-state index contributed by atoms with van der Waals surface area (Å²) in [5.41, 5.74) is 2.35. The first-order chi connectivity index (χ1) is 10.2. The van der Waals surface area contributed by atoms with Gasteiger partial charge in [0.15, 0.2) is 0 Å². The molecule has 2 aromatic rings. The molecule has 1 aliphatic carbocycles. The molecule has 0 bridgehead atoms. The van der Waals surface area contributed by atoms with Crippen molar-refractivity contribution in [3.05, 3.63) is 56.7 Å². The van der Waals surface area contributed by atoms with E-state index >= 15 is 0 Å². The van der Waals surface area contributed by atoms with Crippen molar-refractivity contribution in [1.82, 2.24) is 0 Å². The second kappa shape index (κ2) is 6.33. The van der Waals surface area contributed by atoms with Crippen LogP contribution in [0, 0.1) is 0 Å². The van der Waals surface area contributed by atoms with Gasteiger partial charge in [-0.3, -0.25) is 0 Å². The maximum atomic E-state index is 11.7. The van der Waals surface area contributed by atoms with Crippen LogP contribution in [0.4, 0.5) is 0 Å². The van der Waals surface area contributed by atoms with E-state index in [0.29, 0.717) is 0 Å². The van der Waals surface area contributed by atoms with E-state index in [0.717, 1.165) is 24.3 Å². The number of aldehydes is 1. The third-order valence-electron chi connectivity index (χ3n) is 4.44. The Kier molecular flexibility index (Phi) is 4.46. The van der Waals surface area contributed by atoms with E-state index in [1.807, 2.05) is 12.1 Å². The van der Waals surface area contributed by atoms with Crippen LogP contribution in [0.2, 0.25) is 5.02 Å². The molecule has 1 saturated carbocycles. The lowest BCUT2D eigenvalue weighted by atomic mass is 9.74. The van der Waals surface area contributed by atoms with Gasteiger partial charge in [0.1, 0.15) is 6.29 Å². The van der Waals surface area contributed by atoms with Gasteiger partial charge >= 0.3 is 0 Å². The third kappa shape index (κ3) is 3.22. The van der Waals surface area contributed by atoms with E-state index in [9.17, 15) is 4.79 Å². The molecule has 0 amide bonds. The largest absolute Gasteiger partial charge is 0.302 e. The Balaban J connectivity index is 1.79. The second-order valence-electron chi connectivity index (χ2n) is 5.96. The molecule has 1 aromatic heterocycles. The number of carbonyl (C=O) groups excluding carboxylic acids is 1. The summed E-state index contributed by atoms with van der Waals surface area (Å²) in [4.78, 5) is 12.9. The van der Waals surface area contributed by atoms with Crippen molar-refractivity contribution in [1.29, 1.82) is 0 Å². The summed E-state index contributed by atoms with van der Waals surface area (Å²) in [5, 5.41) is 2.97. The fraction of sp³-hybridized carbons (Fsp3) is 0.389. The Labute approximate surface area is 135 Å². The molecule has 0 aliphatic heterocycles. The molecule has 1 heterocycles. The predicted octanol–water partition coefficient (Wildman–Crippen LogP) is 5.39. The van der Waals surface area contributed by atoms with Gasteiger partial charge in [0.05, 0.1) is 5.41 Å². The maximum absolute atomic E-state index is 11.7. The van der Waals surface area contributed by atoms with Crippen LogP contribution in [0.1, 0.15) is 48.1 Å². The summed E-state index contributed by atoms with van der Waals surface area (Å²) in [6.07, 6.45) is 7.73. The highest BCUT2D eigenvalue weighted by Crippen LogP contribution is 2.40. The van der Waals surface area contributed by atoms with Crippen molar-refractivity contribution in [2.75, 3.05) is 0 Å². The monoisotopic (exact) mass is 318 g/mol. The van der Waals surface area contributed by atoms with Crippen LogP contribution in [0.25, 0.3) is 0 Å². The van der Waals surface area contributed by atoms with Crippen molar-refractivity contribution in [2.45, 2.75) is 43.9 Å². The Morgan fingerprint density at radius 2 is 1.81 bits per heavy atom. The third-order valence-corrected chi connectivity index (χ3v) is 5.89. The molecule has 0 unspecified atom stereocenters. The summed E-state index contributed by atoms with van der Waals surface area (Å²) in [7, 11) is 0. The van der Waals surface area contributed by atoms with E-state index in [2.05, 4.69) is 23.6 Å². The molecule has 3 heteroatoms. The van der Waals surface area contributed by atoms with E-state index in [1.54, 1.807) is 11.3 Å². The van der Waals surface area contributed by atoms with Crippen LogP contribution in [-0.2, 0) is 16.6 Å². The summed E-state index contributed by atoms with van der Waals surface area (Å²) in [5.74, 6) is 0. The molecule has 1 aliphatic rings. The number of hydrogen-bond donors (Lipinski definition) is 0. The van der Waals surface area contributed by atoms with Gasteiger partial charge in [-0.2, -0.15) is 0 Å². The van der Waals surface area contributed by atoms with Crippen molar-refractivity contribution < 1.29 is 4.79 Å². The zero-order chi connectivity index (χ0) is 14.7. The van der Waals surface area contributed by atoms with Crippen molar-refractivity contribution in [3.8, 4) is 0 Å². The van der Waals surface area contributed by atoms with Crippen LogP contribution in [0.5, 0.6) is 0 Å². The fourth-order valence-electron chi connectivity index (χ4n) is 3.17. The SMILES string of the molecule is O=CC1(c2cc(Cc3ccc(Cl)cc3)cs2)CCCCC1. The van der Waals surface area contributed by atoms with Crippen LogP contribution in [0.15, 0.2) is 35.7 Å². The lowest BCUT2D eigenvalue weighted by Crippen LogP contribution is -2.29. The van der Waals surface area contributed by atoms with Crippen LogP contribution >= 0.6 is 22.9 Å². The summed E-state index contributed by atoms with van der Waals surface area (Å²) in [6, 6.07) is 10.2. The minimum atomic E-state index is -0.207. The molecule has 3 rings (SSSR count). The number of carbonyl (C=O) groups is 1. The van der Waals surface area contributed by atoms with Gasteiger partial charge in [-0.05, 0) is 54.0 Å². The molecule has 21 heavy (non-hydrogen) atoms. The molecule has 1 aromatic carbocycles. The number of rotatable bonds is 4. The maximum Gasteiger partial charge on any atom is 0.131 e. The molecule has 1 fully saturated rings. The van der Waals surface area contributed by atoms with Gasteiger partial charge < -0.3 is 4.79 Å². The van der Waals surface area contributed by atoms with Gasteiger partial charge in [-0.25, -0.2) is 0 Å². The highest BCUT2D eigenvalue weighted by Gasteiger charge is 2.34. The smallest absolute Gasteiger partial charge is 0.131 e. The minimum absolute atomic E-state index is 0.207. The topological polar surface area (TPSA) is 17.1 Å². The van der Waals surface area contributed by atoms with Crippen molar-refractivity contribution in [3.63, 3.8) is 0 Å². The fourth-order valence-corrected chi connectivity index (χ4v) is 4.43. The zero-order valence-corrected chi connectivity index (χ0v) is 13.6.